The maximum absolute atomic E-state index is 12.7. The van der Waals surface area contributed by atoms with E-state index in [0.717, 1.165) is 29.5 Å². The number of unbranched alkanes of at least 4 members (excludes halogenated alkanes) is 1. The Bertz CT molecular complexity index is 1100. The third kappa shape index (κ3) is 5.16. The van der Waals surface area contributed by atoms with Crippen LogP contribution in [0.5, 0.6) is 5.75 Å². The number of hydrogen-bond donors (Lipinski definition) is 0. The molecule has 1 heterocycles. The molecular formula is C23H26N2O4S. The van der Waals surface area contributed by atoms with Gasteiger partial charge in [0.1, 0.15) is 12.3 Å². The molecule has 0 aliphatic heterocycles. The Morgan fingerprint density at radius 3 is 2.53 bits per heavy atom. The molecule has 1 aromatic heterocycles. The van der Waals surface area contributed by atoms with Crippen LogP contribution in [0.2, 0.25) is 0 Å². The number of esters is 1. The minimum Gasteiger partial charge on any atom is -0.497 e. The molecule has 3 aromatic rings. The summed E-state index contributed by atoms with van der Waals surface area (Å²) in [5, 5.41) is 0. The average molecular weight is 427 g/mol. The fourth-order valence-electron chi connectivity index (χ4n) is 3.11. The molecule has 0 bridgehead atoms. The van der Waals surface area contributed by atoms with E-state index < -0.39 is 0 Å². The predicted molar refractivity (Wildman–Crippen MR) is 118 cm³/mol. The first-order valence-electron chi connectivity index (χ1n) is 10.1. The van der Waals surface area contributed by atoms with Crippen LogP contribution in [0, 0.1) is 0 Å². The van der Waals surface area contributed by atoms with Crippen LogP contribution in [0.15, 0.2) is 47.5 Å². The molecule has 0 N–H and O–H groups in total. The number of hydrogen-bond acceptors (Lipinski definition) is 5. The zero-order valence-electron chi connectivity index (χ0n) is 17.5. The van der Waals surface area contributed by atoms with Crippen molar-refractivity contribution in [3.05, 3.63) is 58.4 Å². The molecule has 158 valence electrons. The second-order valence-electron chi connectivity index (χ2n) is 6.83. The molecule has 0 spiro atoms. The Hall–Kier alpha value is -2.93. The van der Waals surface area contributed by atoms with Crippen molar-refractivity contribution in [1.82, 2.24) is 4.57 Å². The summed E-state index contributed by atoms with van der Waals surface area (Å²) in [5.41, 5.74) is 2.57. The molecule has 0 fully saturated rings. The lowest BCUT2D eigenvalue weighted by molar-refractivity contribution is -0.143. The van der Waals surface area contributed by atoms with Crippen molar-refractivity contribution in [2.75, 3.05) is 13.7 Å². The van der Waals surface area contributed by atoms with Crippen molar-refractivity contribution in [3.8, 4) is 5.75 Å². The largest absolute Gasteiger partial charge is 0.497 e. The first-order valence-corrected chi connectivity index (χ1v) is 10.9. The monoisotopic (exact) mass is 426 g/mol. The number of aryl methyl sites for hydroxylation is 1. The minimum absolute atomic E-state index is 0.0108. The number of ether oxygens (including phenoxy) is 2. The van der Waals surface area contributed by atoms with Gasteiger partial charge in [-0.25, -0.2) is 0 Å². The fourth-order valence-corrected chi connectivity index (χ4v) is 4.20. The smallest absolute Gasteiger partial charge is 0.326 e. The second kappa shape index (κ2) is 10.2. The highest BCUT2D eigenvalue weighted by molar-refractivity contribution is 7.16. The highest BCUT2D eigenvalue weighted by Crippen LogP contribution is 2.21. The number of carbonyl (C=O) groups is 2. The summed E-state index contributed by atoms with van der Waals surface area (Å²) in [7, 11) is 1.57. The van der Waals surface area contributed by atoms with E-state index >= 15 is 0 Å². The molecule has 0 saturated carbocycles. The number of amides is 1. The summed E-state index contributed by atoms with van der Waals surface area (Å²) < 4.78 is 13.0. The number of thiazole rings is 1. The van der Waals surface area contributed by atoms with Gasteiger partial charge in [-0.3, -0.25) is 9.59 Å². The van der Waals surface area contributed by atoms with E-state index in [1.807, 2.05) is 6.07 Å². The molecule has 1 amide bonds. The topological polar surface area (TPSA) is 69.9 Å². The average Bonchev–Trinajstić information content (AvgIpc) is 3.08. The Morgan fingerprint density at radius 2 is 1.87 bits per heavy atom. The standard InChI is InChI=1S/C23H26N2O4S/c1-4-6-7-16-8-13-19-20(14-16)30-23(25(19)15-21(26)29-5-2)24-22(27)17-9-11-18(28-3)12-10-17/h8-14H,4-7,15H2,1-3H3. The lowest BCUT2D eigenvalue weighted by atomic mass is 10.1. The molecule has 2 aromatic carbocycles. The predicted octanol–water partition coefficient (Wildman–Crippen LogP) is 4.36. The summed E-state index contributed by atoms with van der Waals surface area (Å²) in [4.78, 5) is 29.7. The van der Waals surface area contributed by atoms with Crippen LogP contribution in [-0.4, -0.2) is 30.2 Å². The maximum atomic E-state index is 12.7. The third-order valence-corrected chi connectivity index (χ3v) is 5.73. The van der Waals surface area contributed by atoms with Crippen molar-refractivity contribution in [2.24, 2.45) is 4.99 Å². The van der Waals surface area contributed by atoms with Gasteiger partial charge >= 0.3 is 5.97 Å². The highest BCUT2D eigenvalue weighted by atomic mass is 32.1. The number of carbonyl (C=O) groups excluding carboxylic acids is 2. The summed E-state index contributed by atoms with van der Waals surface area (Å²) in [6.07, 6.45) is 3.24. The molecule has 0 aliphatic carbocycles. The Balaban J connectivity index is 2.03. The summed E-state index contributed by atoms with van der Waals surface area (Å²) >= 11 is 1.41. The third-order valence-electron chi connectivity index (χ3n) is 4.69. The highest BCUT2D eigenvalue weighted by Gasteiger charge is 2.13. The van der Waals surface area contributed by atoms with Crippen LogP contribution < -0.4 is 9.54 Å². The van der Waals surface area contributed by atoms with Gasteiger partial charge in [0.05, 0.1) is 23.9 Å². The first-order chi connectivity index (χ1) is 14.5. The number of fused-ring (bicyclic) bond motifs is 1. The molecule has 0 saturated heterocycles. The van der Waals surface area contributed by atoms with E-state index in [9.17, 15) is 9.59 Å². The van der Waals surface area contributed by atoms with Gasteiger partial charge in [0, 0.05) is 5.56 Å². The zero-order chi connectivity index (χ0) is 21.5. The van der Waals surface area contributed by atoms with Crippen LogP contribution in [0.1, 0.15) is 42.6 Å². The number of benzene rings is 2. The van der Waals surface area contributed by atoms with Gasteiger partial charge in [0.2, 0.25) is 0 Å². The van der Waals surface area contributed by atoms with Crippen molar-refractivity contribution in [3.63, 3.8) is 0 Å². The van der Waals surface area contributed by atoms with Crippen LogP contribution in [0.3, 0.4) is 0 Å². The van der Waals surface area contributed by atoms with Crippen molar-refractivity contribution in [2.45, 2.75) is 39.7 Å². The van der Waals surface area contributed by atoms with Crippen LogP contribution >= 0.6 is 11.3 Å². The number of methoxy groups -OCH3 is 1. The van der Waals surface area contributed by atoms with E-state index in [-0.39, 0.29) is 18.4 Å². The second-order valence-corrected chi connectivity index (χ2v) is 7.84. The van der Waals surface area contributed by atoms with Crippen LogP contribution in [0.25, 0.3) is 10.2 Å². The van der Waals surface area contributed by atoms with Gasteiger partial charge < -0.3 is 14.0 Å². The van der Waals surface area contributed by atoms with E-state index in [2.05, 4.69) is 24.0 Å². The van der Waals surface area contributed by atoms with Gasteiger partial charge in [0.25, 0.3) is 5.91 Å². The van der Waals surface area contributed by atoms with Gasteiger partial charge in [-0.15, -0.1) is 0 Å². The van der Waals surface area contributed by atoms with E-state index in [1.165, 1.54) is 16.9 Å². The lowest BCUT2D eigenvalue weighted by Crippen LogP contribution is -2.23. The van der Waals surface area contributed by atoms with Gasteiger partial charge in [-0.1, -0.05) is 30.7 Å². The van der Waals surface area contributed by atoms with Crippen molar-refractivity contribution in [1.29, 1.82) is 0 Å². The molecule has 6 nitrogen and oxygen atoms in total. The summed E-state index contributed by atoms with van der Waals surface area (Å²) in [5.74, 6) is -0.0518. The van der Waals surface area contributed by atoms with Gasteiger partial charge in [-0.2, -0.15) is 4.99 Å². The molecule has 30 heavy (non-hydrogen) atoms. The molecule has 0 atom stereocenters. The number of nitrogens with zero attached hydrogens (tertiary/aromatic N) is 2. The normalized spacial score (nSPS) is 11.6. The van der Waals surface area contributed by atoms with Crippen LogP contribution in [-0.2, 0) is 22.5 Å². The lowest BCUT2D eigenvalue weighted by Gasteiger charge is -2.06. The van der Waals surface area contributed by atoms with Crippen molar-refractivity contribution >= 4 is 33.4 Å². The van der Waals surface area contributed by atoms with Crippen molar-refractivity contribution < 1.29 is 19.1 Å². The van der Waals surface area contributed by atoms with Gasteiger partial charge in [-0.05, 0) is 61.7 Å². The Kier molecular flexibility index (Phi) is 7.41. The Morgan fingerprint density at radius 1 is 1.10 bits per heavy atom. The summed E-state index contributed by atoms with van der Waals surface area (Å²) in [6, 6.07) is 13.0. The van der Waals surface area contributed by atoms with Crippen LogP contribution in [0.4, 0.5) is 0 Å². The molecule has 3 rings (SSSR count). The van der Waals surface area contributed by atoms with E-state index in [0.29, 0.717) is 22.7 Å². The maximum Gasteiger partial charge on any atom is 0.326 e. The molecule has 7 heteroatoms. The first kappa shape index (κ1) is 21.8. The summed E-state index contributed by atoms with van der Waals surface area (Å²) in [6.45, 7) is 4.25. The molecule has 0 unspecified atom stereocenters. The number of rotatable bonds is 8. The molecular weight excluding hydrogens is 400 g/mol. The SMILES string of the molecule is CCCCc1ccc2c(c1)sc(=NC(=O)c1ccc(OC)cc1)n2CC(=O)OCC. The minimum atomic E-state index is -0.368. The quantitative estimate of drug-likeness (QED) is 0.502. The van der Waals surface area contributed by atoms with E-state index in [1.54, 1.807) is 42.9 Å². The molecule has 0 aliphatic rings. The fraction of sp³-hybridized carbons (Fsp3) is 0.348. The van der Waals surface area contributed by atoms with Gasteiger partial charge in [0.15, 0.2) is 4.80 Å². The number of aromatic nitrogens is 1. The zero-order valence-corrected chi connectivity index (χ0v) is 18.3. The Labute approximate surface area is 179 Å². The van der Waals surface area contributed by atoms with E-state index in [4.69, 9.17) is 9.47 Å². The molecule has 0 radical (unpaired) electrons.